The van der Waals surface area contributed by atoms with E-state index in [4.69, 9.17) is 4.74 Å². The lowest BCUT2D eigenvalue weighted by Crippen LogP contribution is -2.28. The zero-order valence-electron chi connectivity index (χ0n) is 13.7. The molecule has 126 valence electrons. The predicted octanol–water partition coefficient (Wildman–Crippen LogP) is 2.80. The molecule has 0 aliphatic heterocycles. The number of ether oxygens (including phenoxy) is 1. The van der Waals surface area contributed by atoms with Crippen LogP contribution in [0.1, 0.15) is 42.6 Å². The van der Waals surface area contributed by atoms with Crippen molar-refractivity contribution in [1.29, 1.82) is 0 Å². The quantitative estimate of drug-likeness (QED) is 0.640. The Kier molecular flexibility index (Phi) is 5.59. The van der Waals surface area contributed by atoms with E-state index in [1.807, 2.05) is 6.08 Å². The minimum Gasteiger partial charge on any atom is -0.459 e. The summed E-state index contributed by atoms with van der Waals surface area (Å²) in [4.78, 5) is 12.2. The van der Waals surface area contributed by atoms with Gasteiger partial charge in [-0.2, -0.15) is 0 Å². The first-order chi connectivity index (χ1) is 10.8. The second kappa shape index (κ2) is 7.27. The number of nitrogens with one attached hydrogen (secondary N) is 1. The molecule has 1 aromatic carbocycles. The summed E-state index contributed by atoms with van der Waals surface area (Å²) in [6.07, 6.45) is 5.78. The lowest BCUT2D eigenvalue weighted by atomic mass is 10.1. The van der Waals surface area contributed by atoms with E-state index >= 15 is 0 Å². The monoisotopic (exact) mass is 337 g/mol. The molecule has 23 heavy (non-hydrogen) atoms. The summed E-state index contributed by atoms with van der Waals surface area (Å²) in [7, 11) is -3.64. The molecule has 2 rings (SSSR count). The number of sulfonamides is 1. The molecule has 1 aromatic rings. The van der Waals surface area contributed by atoms with Gasteiger partial charge < -0.3 is 4.74 Å². The lowest BCUT2D eigenvalue weighted by Gasteiger charge is -2.13. The molecule has 1 N–H and O–H groups in total. The summed E-state index contributed by atoms with van der Waals surface area (Å²) in [5.41, 5.74) is 0.968. The lowest BCUT2D eigenvalue weighted by molar-refractivity contribution is 0.0377. The number of carbonyl (C=O) groups excluding carboxylic acids is 1. The molecule has 1 aliphatic rings. The summed E-state index contributed by atoms with van der Waals surface area (Å²) in [5.74, 6) is -0.270. The first kappa shape index (κ1) is 17.7. The molecule has 0 spiro atoms. The van der Waals surface area contributed by atoms with Crippen LogP contribution < -0.4 is 4.72 Å². The molecule has 0 saturated carbocycles. The zero-order valence-corrected chi connectivity index (χ0v) is 14.5. The van der Waals surface area contributed by atoms with Gasteiger partial charge in [-0.25, -0.2) is 17.9 Å². The number of rotatable bonds is 6. The first-order valence-electron chi connectivity index (χ1n) is 7.77. The van der Waals surface area contributed by atoms with Gasteiger partial charge in [-0.1, -0.05) is 18.2 Å². The van der Waals surface area contributed by atoms with Crippen molar-refractivity contribution in [3.63, 3.8) is 0 Å². The van der Waals surface area contributed by atoms with E-state index < -0.39 is 16.0 Å². The summed E-state index contributed by atoms with van der Waals surface area (Å²) in [5, 5.41) is 0. The normalized spacial score (nSPS) is 17.7. The highest BCUT2D eigenvalue weighted by Gasteiger charge is 2.20. The maximum atomic E-state index is 12.4. The Morgan fingerprint density at radius 2 is 2.13 bits per heavy atom. The Morgan fingerprint density at radius 1 is 1.39 bits per heavy atom. The van der Waals surface area contributed by atoms with Crippen molar-refractivity contribution < 1.29 is 17.9 Å². The Balaban J connectivity index is 2.17. The van der Waals surface area contributed by atoms with Crippen molar-refractivity contribution in [1.82, 2.24) is 4.72 Å². The van der Waals surface area contributed by atoms with Crippen LogP contribution in [0.5, 0.6) is 0 Å². The van der Waals surface area contributed by atoms with E-state index in [9.17, 15) is 13.2 Å². The fourth-order valence-corrected chi connectivity index (χ4v) is 3.55. The number of aryl methyl sites for hydroxylation is 1. The highest BCUT2D eigenvalue weighted by Crippen LogP contribution is 2.19. The van der Waals surface area contributed by atoms with Crippen molar-refractivity contribution in [3.8, 4) is 0 Å². The van der Waals surface area contributed by atoms with Gasteiger partial charge in [0.05, 0.1) is 16.6 Å². The average Bonchev–Trinajstić information content (AvgIpc) is 2.98. The van der Waals surface area contributed by atoms with Crippen LogP contribution in [-0.2, 0) is 14.8 Å². The van der Waals surface area contributed by atoms with E-state index in [0.717, 1.165) is 12.8 Å². The highest BCUT2D eigenvalue weighted by atomic mass is 32.2. The van der Waals surface area contributed by atoms with E-state index in [2.05, 4.69) is 10.8 Å². The van der Waals surface area contributed by atoms with Crippen LogP contribution in [0.4, 0.5) is 0 Å². The molecule has 0 bridgehead atoms. The van der Waals surface area contributed by atoms with Crippen molar-refractivity contribution in [2.45, 2.75) is 44.6 Å². The Labute approximate surface area is 137 Å². The third kappa shape index (κ3) is 4.65. The fourth-order valence-electron chi connectivity index (χ4n) is 2.43. The van der Waals surface area contributed by atoms with Gasteiger partial charge in [0.2, 0.25) is 10.0 Å². The van der Waals surface area contributed by atoms with Gasteiger partial charge in [0.25, 0.3) is 0 Å². The van der Waals surface area contributed by atoms with Gasteiger partial charge in [0, 0.05) is 6.54 Å². The average molecular weight is 337 g/mol. The third-order valence-electron chi connectivity index (χ3n) is 3.73. The third-order valence-corrected chi connectivity index (χ3v) is 5.15. The SMILES string of the molecule is Cc1ccc(S(=O)(=O)NCC2C=CCC2)cc1C(=O)OC(C)C. The number of allylic oxidation sites excluding steroid dienone is 1. The number of hydrogen-bond donors (Lipinski definition) is 1. The Hall–Kier alpha value is -1.66. The maximum Gasteiger partial charge on any atom is 0.338 e. The van der Waals surface area contributed by atoms with Gasteiger partial charge in [-0.05, 0) is 57.2 Å². The molecule has 1 aliphatic carbocycles. The van der Waals surface area contributed by atoms with E-state index in [-0.39, 0.29) is 22.5 Å². The molecule has 5 nitrogen and oxygen atoms in total. The molecular formula is C17H23NO4S. The smallest absolute Gasteiger partial charge is 0.338 e. The second-order valence-corrected chi connectivity index (χ2v) is 7.82. The summed E-state index contributed by atoms with van der Waals surface area (Å²) < 4.78 is 32.6. The van der Waals surface area contributed by atoms with Crippen molar-refractivity contribution in [3.05, 3.63) is 41.5 Å². The van der Waals surface area contributed by atoms with Crippen molar-refractivity contribution >= 4 is 16.0 Å². The van der Waals surface area contributed by atoms with Gasteiger partial charge >= 0.3 is 5.97 Å². The number of hydrogen-bond acceptors (Lipinski definition) is 4. The Bertz CT molecular complexity index is 707. The molecule has 0 amide bonds. The van der Waals surface area contributed by atoms with Crippen LogP contribution in [0.15, 0.2) is 35.2 Å². The summed E-state index contributed by atoms with van der Waals surface area (Å²) >= 11 is 0. The number of benzene rings is 1. The molecular weight excluding hydrogens is 314 g/mol. The van der Waals surface area contributed by atoms with Crippen LogP contribution >= 0.6 is 0 Å². The van der Waals surface area contributed by atoms with Crippen molar-refractivity contribution in [2.24, 2.45) is 5.92 Å². The summed E-state index contributed by atoms with van der Waals surface area (Å²) in [6, 6.07) is 4.52. The number of carbonyl (C=O) groups is 1. The fraction of sp³-hybridized carbons (Fsp3) is 0.471. The van der Waals surface area contributed by atoms with Crippen LogP contribution in [0.25, 0.3) is 0 Å². The highest BCUT2D eigenvalue weighted by molar-refractivity contribution is 7.89. The topological polar surface area (TPSA) is 72.5 Å². The second-order valence-electron chi connectivity index (χ2n) is 6.05. The van der Waals surface area contributed by atoms with Crippen LogP contribution in [0.3, 0.4) is 0 Å². The summed E-state index contributed by atoms with van der Waals surface area (Å²) in [6.45, 7) is 5.64. The molecule has 0 fully saturated rings. The van der Waals surface area contributed by atoms with E-state index in [0.29, 0.717) is 12.1 Å². The molecule has 6 heteroatoms. The minimum absolute atomic E-state index is 0.0841. The zero-order chi connectivity index (χ0) is 17.0. The van der Waals surface area contributed by atoms with Crippen LogP contribution in [0.2, 0.25) is 0 Å². The first-order valence-corrected chi connectivity index (χ1v) is 9.26. The minimum atomic E-state index is -3.64. The molecule has 0 heterocycles. The molecule has 0 radical (unpaired) electrons. The van der Waals surface area contributed by atoms with Gasteiger partial charge in [0.15, 0.2) is 0 Å². The molecule has 0 saturated heterocycles. The molecule has 1 unspecified atom stereocenters. The van der Waals surface area contributed by atoms with Crippen LogP contribution in [-0.4, -0.2) is 27.0 Å². The van der Waals surface area contributed by atoms with E-state index in [1.54, 1.807) is 26.8 Å². The maximum absolute atomic E-state index is 12.4. The standard InChI is InChI=1S/C17H23NO4S/c1-12(2)22-17(19)16-10-15(9-8-13(16)3)23(20,21)18-11-14-6-4-5-7-14/h4,6,8-10,12,14,18H,5,7,11H2,1-3H3. The van der Waals surface area contributed by atoms with Gasteiger partial charge in [0.1, 0.15) is 0 Å². The predicted molar refractivity (Wildman–Crippen MR) is 88.8 cm³/mol. The molecule has 0 aromatic heterocycles. The van der Waals surface area contributed by atoms with Gasteiger partial charge in [-0.15, -0.1) is 0 Å². The number of esters is 1. The van der Waals surface area contributed by atoms with E-state index in [1.165, 1.54) is 12.1 Å². The van der Waals surface area contributed by atoms with Gasteiger partial charge in [-0.3, -0.25) is 0 Å². The Morgan fingerprint density at radius 3 is 2.74 bits per heavy atom. The largest absolute Gasteiger partial charge is 0.459 e. The van der Waals surface area contributed by atoms with Crippen LogP contribution in [0, 0.1) is 12.8 Å². The molecule has 1 atom stereocenters. The van der Waals surface area contributed by atoms with Crippen molar-refractivity contribution in [2.75, 3.05) is 6.54 Å².